The Morgan fingerprint density at radius 1 is 0.381 bits per heavy atom. The highest BCUT2D eigenvalue weighted by Crippen LogP contribution is 2.43. The fourth-order valence-electron chi connectivity index (χ4n) is 6.02. The van der Waals surface area contributed by atoms with Gasteiger partial charge in [0, 0.05) is 0 Å². The van der Waals surface area contributed by atoms with E-state index in [0.29, 0.717) is 0 Å². The highest BCUT2D eigenvalue weighted by Gasteiger charge is 2.16. The van der Waals surface area contributed by atoms with Gasteiger partial charge in [0.1, 0.15) is 0 Å². The maximum atomic E-state index is 3.93. The van der Waals surface area contributed by atoms with E-state index in [1.807, 2.05) is 6.08 Å². The number of hydrogen-bond acceptors (Lipinski definition) is 0. The van der Waals surface area contributed by atoms with Gasteiger partial charge in [-0.25, -0.2) is 0 Å². The van der Waals surface area contributed by atoms with Crippen LogP contribution in [0.1, 0.15) is 22.3 Å². The fraction of sp³-hybridized carbons (Fsp3) is 0. The second-order valence-corrected chi connectivity index (χ2v) is 10.6. The quantitative estimate of drug-likeness (QED) is 0.147. The maximum Gasteiger partial charge on any atom is -0.00264 e. The summed E-state index contributed by atoms with van der Waals surface area (Å²) in [5, 5.41) is 5.04. The molecule has 0 aromatic heterocycles. The van der Waals surface area contributed by atoms with Gasteiger partial charge in [0.05, 0.1) is 0 Å². The van der Waals surface area contributed by atoms with E-state index >= 15 is 0 Å². The minimum absolute atomic E-state index is 1.13. The standard InChI is InChI=1S/C42H30/c1-2-30-21-25-34(26-22-30)41-36-17-9-11-19-38(36)42(39-20-12-10-18-37(39)41)35-27-23-31(24-28-35)29-40(32-13-5-3-6-14-32)33-15-7-4-8-16-33/h2-29H,1H2. The largest absolute Gasteiger partial charge is 0.0985 e. The zero-order valence-electron chi connectivity index (χ0n) is 23.4. The van der Waals surface area contributed by atoms with Crippen LogP contribution in [0.2, 0.25) is 0 Å². The van der Waals surface area contributed by atoms with Crippen molar-refractivity contribution in [2.75, 3.05) is 0 Å². The number of hydrogen-bond donors (Lipinski definition) is 0. The molecular weight excluding hydrogens is 504 g/mol. The summed E-state index contributed by atoms with van der Waals surface area (Å²) in [5.74, 6) is 0. The average molecular weight is 535 g/mol. The van der Waals surface area contributed by atoms with E-state index in [0.717, 1.165) is 5.56 Å². The van der Waals surface area contributed by atoms with Gasteiger partial charge in [0.25, 0.3) is 0 Å². The van der Waals surface area contributed by atoms with Gasteiger partial charge in [0.2, 0.25) is 0 Å². The predicted molar refractivity (Wildman–Crippen MR) is 182 cm³/mol. The second-order valence-electron chi connectivity index (χ2n) is 10.6. The Morgan fingerprint density at radius 3 is 1.12 bits per heavy atom. The molecule has 0 heterocycles. The van der Waals surface area contributed by atoms with Gasteiger partial charge in [-0.05, 0) is 77.7 Å². The lowest BCUT2D eigenvalue weighted by atomic mass is 9.85. The Bertz CT molecular complexity index is 1950. The third-order valence-corrected chi connectivity index (χ3v) is 8.05. The fourth-order valence-corrected chi connectivity index (χ4v) is 6.02. The first kappa shape index (κ1) is 25.5. The molecule has 0 saturated carbocycles. The van der Waals surface area contributed by atoms with Gasteiger partial charge in [-0.3, -0.25) is 0 Å². The van der Waals surface area contributed by atoms with Crippen molar-refractivity contribution in [1.82, 2.24) is 0 Å². The van der Waals surface area contributed by atoms with Crippen LogP contribution in [-0.4, -0.2) is 0 Å². The molecule has 0 N–H and O–H groups in total. The Balaban J connectivity index is 1.39. The van der Waals surface area contributed by atoms with E-state index in [-0.39, 0.29) is 0 Å². The first-order valence-corrected chi connectivity index (χ1v) is 14.4. The topological polar surface area (TPSA) is 0 Å². The number of benzene rings is 7. The lowest BCUT2D eigenvalue weighted by Gasteiger charge is -2.18. The van der Waals surface area contributed by atoms with Crippen molar-refractivity contribution in [2.24, 2.45) is 0 Å². The summed E-state index contributed by atoms with van der Waals surface area (Å²) in [7, 11) is 0. The van der Waals surface area contributed by atoms with Crippen LogP contribution >= 0.6 is 0 Å². The maximum absolute atomic E-state index is 3.93. The summed E-state index contributed by atoms with van der Waals surface area (Å²) >= 11 is 0. The third-order valence-electron chi connectivity index (χ3n) is 8.05. The van der Waals surface area contributed by atoms with Crippen molar-refractivity contribution in [2.45, 2.75) is 0 Å². The summed E-state index contributed by atoms with van der Waals surface area (Å²) in [6.07, 6.45) is 4.19. The van der Waals surface area contributed by atoms with Gasteiger partial charge in [-0.1, -0.05) is 170 Å². The minimum Gasteiger partial charge on any atom is -0.0985 e. The zero-order chi connectivity index (χ0) is 28.3. The Hall–Kier alpha value is -5.46. The minimum atomic E-state index is 1.13. The molecule has 0 bridgehead atoms. The monoisotopic (exact) mass is 534 g/mol. The van der Waals surface area contributed by atoms with Gasteiger partial charge in [-0.2, -0.15) is 0 Å². The molecule has 0 atom stereocenters. The van der Waals surface area contributed by atoms with Crippen LogP contribution in [0.5, 0.6) is 0 Å². The van der Waals surface area contributed by atoms with Crippen molar-refractivity contribution < 1.29 is 0 Å². The third kappa shape index (κ3) is 4.74. The Morgan fingerprint density at radius 2 is 0.738 bits per heavy atom. The van der Waals surface area contributed by atoms with Crippen molar-refractivity contribution >= 4 is 39.3 Å². The Labute approximate surface area is 247 Å². The highest BCUT2D eigenvalue weighted by atomic mass is 14.2. The average Bonchev–Trinajstić information content (AvgIpc) is 3.07. The number of fused-ring (bicyclic) bond motifs is 2. The van der Waals surface area contributed by atoms with E-state index in [9.17, 15) is 0 Å². The number of rotatable bonds is 6. The van der Waals surface area contributed by atoms with Crippen LogP contribution in [0.3, 0.4) is 0 Å². The van der Waals surface area contributed by atoms with Crippen LogP contribution in [0.15, 0.2) is 164 Å². The van der Waals surface area contributed by atoms with Crippen molar-refractivity contribution in [3.63, 3.8) is 0 Å². The molecule has 0 radical (unpaired) electrons. The predicted octanol–water partition coefficient (Wildman–Crippen LogP) is 11.6. The molecule has 198 valence electrons. The highest BCUT2D eigenvalue weighted by molar-refractivity contribution is 6.21. The van der Waals surface area contributed by atoms with Crippen molar-refractivity contribution in [3.05, 3.63) is 187 Å². The van der Waals surface area contributed by atoms with Gasteiger partial charge in [0.15, 0.2) is 0 Å². The van der Waals surface area contributed by atoms with E-state index in [1.54, 1.807) is 0 Å². The smallest absolute Gasteiger partial charge is 0.00264 e. The Kier molecular flexibility index (Phi) is 6.80. The summed E-state index contributed by atoms with van der Waals surface area (Å²) in [4.78, 5) is 0. The molecule has 0 nitrogen and oxygen atoms in total. The lowest BCUT2D eigenvalue weighted by Crippen LogP contribution is -1.91. The van der Waals surface area contributed by atoms with E-state index in [2.05, 4.69) is 170 Å². The van der Waals surface area contributed by atoms with Crippen molar-refractivity contribution in [3.8, 4) is 22.3 Å². The van der Waals surface area contributed by atoms with E-state index in [1.165, 1.54) is 66.1 Å². The summed E-state index contributed by atoms with van der Waals surface area (Å²) < 4.78 is 0. The molecule has 0 aliphatic heterocycles. The van der Waals surface area contributed by atoms with Crippen molar-refractivity contribution in [1.29, 1.82) is 0 Å². The normalized spacial score (nSPS) is 11.0. The summed E-state index contributed by atoms with van der Waals surface area (Å²) in [5.41, 5.74) is 10.9. The summed E-state index contributed by atoms with van der Waals surface area (Å²) in [6.45, 7) is 3.93. The van der Waals surface area contributed by atoms with E-state index < -0.39 is 0 Å². The molecule has 0 aliphatic rings. The molecule has 0 aliphatic carbocycles. The molecule has 0 heteroatoms. The first-order chi connectivity index (χ1) is 20.8. The first-order valence-electron chi connectivity index (χ1n) is 14.4. The molecule has 0 unspecified atom stereocenters. The SMILES string of the molecule is C=Cc1ccc(-c2c3ccccc3c(-c3ccc(C=C(c4ccccc4)c4ccccc4)cc3)c3ccccc23)cc1. The molecule has 0 spiro atoms. The molecule has 42 heavy (non-hydrogen) atoms. The zero-order valence-corrected chi connectivity index (χ0v) is 23.4. The molecule has 7 aromatic carbocycles. The van der Waals surface area contributed by atoms with Crippen LogP contribution in [0, 0.1) is 0 Å². The second kappa shape index (κ2) is 11.2. The molecule has 7 rings (SSSR count). The molecule has 0 fully saturated rings. The molecule has 0 saturated heterocycles. The van der Waals surface area contributed by atoms with Gasteiger partial charge in [-0.15, -0.1) is 0 Å². The van der Waals surface area contributed by atoms with Crippen LogP contribution in [0.25, 0.3) is 61.5 Å². The molecule has 7 aromatic rings. The molecule has 0 amide bonds. The van der Waals surface area contributed by atoms with Gasteiger partial charge >= 0.3 is 0 Å². The summed E-state index contributed by atoms with van der Waals surface area (Å²) in [6, 6.07) is 56.6. The van der Waals surface area contributed by atoms with E-state index in [4.69, 9.17) is 0 Å². The van der Waals surface area contributed by atoms with Crippen LogP contribution in [-0.2, 0) is 0 Å². The van der Waals surface area contributed by atoms with Gasteiger partial charge < -0.3 is 0 Å². The lowest BCUT2D eigenvalue weighted by molar-refractivity contribution is 1.55. The van der Waals surface area contributed by atoms with Crippen LogP contribution < -0.4 is 0 Å². The molecular formula is C42H30. The van der Waals surface area contributed by atoms with Crippen LogP contribution in [0.4, 0.5) is 0 Å².